The molecule has 11 aromatic carbocycles. The predicted octanol–water partition coefficient (Wildman–Crippen LogP) is 15.9. The quantitative estimate of drug-likeness (QED) is 0.174. The Kier molecular flexibility index (Phi) is 8.01. The van der Waals surface area contributed by atoms with E-state index in [1.165, 1.54) is 116 Å². The Morgan fingerprint density at radius 3 is 1.51 bits per heavy atom. The Labute approximate surface area is 366 Å². The van der Waals surface area contributed by atoms with Crippen molar-refractivity contribution in [1.82, 2.24) is 5.32 Å². The van der Waals surface area contributed by atoms with E-state index in [4.69, 9.17) is 0 Å². The molecule has 2 nitrogen and oxygen atoms in total. The zero-order valence-electron chi connectivity index (χ0n) is 34.5. The third-order valence-electron chi connectivity index (χ3n) is 13.4. The van der Waals surface area contributed by atoms with Crippen LogP contribution in [0.4, 0.5) is 5.69 Å². The van der Waals surface area contributed by atoms with Crippen LogP contribution < -0.4 is 10.2 Å². The number of nitrogens with one attached hydrogen (secondary N) is 1. The second kappa shape index (κ2) is 14.2. The van der Waals surface area contributed by atoms with E-state index in [1.807, 2.05) is 0 Å². The van der Waals surface area contributed by atoms with Crippen molar-refractivity contribution in [2.24, 2.45) is 0 Å². The maximum absolute atomic E-state index is 4.03. The van der Waals surface area contributed by atoms with Crippen molar-refractivity contribution < 1.29 is 0 Å². The summed E-state index contributed by atoms with van der Waals surface area (Å²) in [4.78, 5) is 2.51. The van der Waals surface area contributed by atoms with Crippen molar-refractivity contribution in [3.05, 3.63) is 247 Å². The van der Waals surface area contributed by atoms with Gasteiger partial charge in [0.05, 0.1) is 17.1 Å². The molecule has 0 spiro atoms. The monoisotopic (exact) mass is 800 g/mol. The highest BCUT2D eigenvalue weighted by molar-refractivity contribution is 6.22. The highest BCUT2D eigenvalue weighted by Gasteiger charge is 2.40. The van der Waals surface area contributed by atoms with Crippen molar-refractivity contribution >= 4 is 60.2 Å². The molecule has 2 heteroatoms. The van der Waals surface area contributed by atoms with Crippen LogP contribution in [0.5, 0.6) is 0 Å². The standard InChI is InChI=1S/C61H40N2/c1-3-17-41(18-4-1)59-60(42-19-5-2-6-20-42)63-56-26-14-13-23-49(56)54-37-45(32-34-53(54)61(63)62-59)46-31-33-52-55(38-46)58(48-30-28-40-16-8-10-22-44(40)36-48)51-25-12-11-24-50(51)57(52)47-29-27-39-15-7-9-21-43(39)35-47/h1-38,61-62H. The van der Waals surface area contributed by atoms with Gasteiger partial charge in [0.2, 0.25) is 0 Å². The molecule has 11 aromatic rings. The van der Waals surface area contributed by atoms with Crippen LogP contribution in [0, 0.1) is 0 Å². The topological polar surface area (TPSA) is 15.3 Å². The molecule has 294 valence electrons. The van der Waals surface area contributed by atoms with Crippen LogP contribution in [0.25, 0.3) is 99.0 Å². The lowest BCUT2D eigenvalue weighted by Crippen LogP contribution is -2.32. The fraction of sp³-hybridized carbons (Fsp3) is 0.0164. The largest absolute Gasteiger partial charge is 0.359 e. The van der Waals surface area contributed by atoms with Crippen molar-refractivity contribution in [2.45, 2.75) is 6.17 Å². The molecule has 2 aliphatic rings. The molecule has 0 amide bonds. The highest BCUT2D eigenvalue weighted by atomic mass is 15.3. The van der Waals surface area contributed by atoms with Crippen molar-refractivity contribution in [3.8, 4) is 44.5 Å². The number of fused-ring (bicyclic) bond motifs is 10. The first-order valence-corrected chi connectivity index (χ1v) is 21.9. The average Bonchev–Trinajstić information content (AvgIpc) is 3.77. The second-order valence-corrected chi connectivity index (χ2v) is 16.9. The van der Waals surface area contributed by atoms with Crippen molar-refractivity contribution in [1.29, 1.82) is 0 Å². The van der Waals surface area contributed by atoms with E-state index in [0.29, 0.717) is 0 Å². The lowest BCUT2D eigenvalue weighted by Gasteiger charge is -2.37. The van der Waals surface area contributed by atoms with Crippen LogP contribution in [-0.2, 0) is 0 Å². The third kappa shape index (κ3) is 5.65. The lowest BCUT2D eigenvalue weighted by molar-refractivity contribution is 0.674. The molecule has 0 radical (unpaired) electrons. The second-order valence-electron chi connectivity index (χ2n) is 16.9. The summed E-state index contributed by atoms with van der Waals surface area (Å²) in [6.07, 6.45) is -0.0682. The fourth-order valence-corrected chi connectivity index (χ4v) is 10.5. The maximum atomic E-state index is 4.03. The fourth-order valence-electron chi connectivity index (χ4n) is 10.5. The van der Waals surface area contributed by atoms with Gasteiger partial charge in [-0.15, -0.1) is 0 Å². The molecule has 0 saturated heterocycles. The molecule has 0 saturated carbocycles. The van der Waals surface area contributed by atoms with Crippen molar-refractivity contribution in [3.63, 3.8) is 0 Å². The minimum atomic E-state index is -0.0682. The number of para-hydroxylation sites is 1. The molecule has 2 heterocycles. The molecule has 0 aliphatic carbocycles. The minimum absolute atomic E-state index is 0.0682. The van der Waals surface area contributed by atoms with Crippen molar-refractivity contribution in [2.75, 3.05) is 4.90 Å². The molecule has 1 unspecified atom stereocenters. The average molecular weight is 801 g/mol. The summed E-state index contributed by atoms with van der Waals surface area (Å²) in [7, 11) is 0. The molecular formula is C61H40N2. The van der Waals surface area contributed by atoms with Gasteiger partial charge in [-0.2, -0.15) is 0 Å². The molecule has 1 atom stereocenters. The van der Waals surface area contributed by atoms with Gasteiger partial charge in [-0.25, -0.2) is 0 Å². The summed E-state index contributed by atoms with van der Waals surface area (Å²) in [5, 5.41) is 14.0. The molecule has 13 rings (SSSR count). The van der Waals surface area contributed by atoms with Gasteiger partial charge >= 0.3 is 0 Å². The van der Waals surface area contributed by atoms with Crippen LogP contribution >= 0.6 is 0 Å². The lowest BCUT2D eigenvalue weighted by atomic mass is 9.83. The van der Waals surface area contributed by atoms with Gasteiger partial charge in [0, 0.05) is 16.7 Å². The van der Waals surface area contributed by atoms with E-state index in [1.54, 1.807) is 0 Å². The summed E-state index contributed by atoms with van der Waals surface area (Å²) in [5.74, 6) is 0. The number of hydrogen-bond donors (Lipinski definition) is 1. The summed E-state index contributed by atoms with van der Waals surface area (Å²) in [6, 6.07) is 85.0. The smallest absolute Gasteiger partial charge is 0.131 e. The van der Waals surface area contributed by atoms with Crippen LogP contribution in [0.1, 0.15) is 22.9 Å². The molecule has 1 N–H and O–H groups in total. The Morgan fingerprint density at radius 1 is 0.317 bits per heavy atom. The van der Waals surface area contributed by atoms with Crippen LogP contribution in [0.3, 0.4) is 0 Å². The van der Waals surface area contributed by atoms with E-state index < -0.39 is 0 Å². The first-order valence-electron chi connectivity index (χ1n) is 21.9. The molecule has 0 bridgehead atoms. The number of nitrogens with zero attached hydrogens (tertiary/aromatic N) is 1. The predicted molar refractivity (Wildman–Crippen MR) is 266 cm³/mol. The third-order valence-corrected chi connectivity index (χ3v) is 13.4. The zero-order chi connectivity index (χ0) is 41.4. The van der Waals surface area contributed by atoms with Gasteiger partial charge in [-0.05, 0) is 118 Å². The Balaban J connectivity index is 1.02. The van der Waals surface area contributed by atoms with Gasteiger partial charge in [-0.3, -0.25) is 0 Å². The van der Waals surface area contributed by atoms with E-state index >= 15 is 0 Å². The summed E-state index contributed by atoms with van der Waals surface area (Å²) in [6.45, 7) is 0. The number of hydrogen-bond acceptors (Lipinski definition) is 2. The van der Waals surface area contributed by atoms with Gasteiger partial charge in [0.25, 0.3) is 0 Å². The van der Waals surface area contributed by atoms with Gasteiger partial charge < -0.3 is 10.2 Å². The summed E-state index contributed by atoms with van der Waals surface area (Å²) >= 11 is 0. The number of anilines is 1. The molecule has 0 fully saturated rings. The molecule has 0 aromatic heterocycles. The van der Waals surface area contributed by atoms with Gasteiger partial charge in [0.1, 0.15) is 6.17 Å². The van der Waals surface area contributed by atoms with E-state index in [9.17, 15) is 0 Å². The van der Waals surface area contributed by atoms with Crippen LogP contribution in [0.15, 0.2) is 231 Å². The molecule has 63 heavy (non-hydrogen) atoms. The minimum Gasteiger partial charge on any atom is -0.359 e. The van der Waals surface area contributed by atoms with E-state index in [2.05, 4.69) is 241 Å². The van der Waals surface area contributed by atoms with Gasteiger partial charge in [-0.1, -0.05) is 200 Å². The van der Waals surface area contributed by atoms with Crippen LogP contribution in [-0.4, -0.2) is 0 Å². The Hall–Kier alpha value is -8.20. The SMILES string of the molecule is c1ccc(C2=C(c3ccccc3)N3c4ccccc4-c4cc(-c5ccc6c(-c7ccc8ccccc8c7)c7ccccc7c(-c7ccc8ccccc8c7)c6c5)ccc4C3N2)cc1. The Morgan fingerprint density at radius 2 is 0.825 bits per heavy atom. The first-order chi connectivity index (χ1) is 31.2. The number of benzene rings is 11. The highest BCUT2D eigenvalue weighted by Crippen LogP contribution is 2.53. The van der Waals surface area contributed by atoms with Crippen LogP contribution in [0.2, 0.25) is 0 Å². The maximum Gasteiger partial charge on any atom is 0.131 e. The zero-order valence-corrected chi connectivity index (χ0v) is 34.5. The summed E-state index contributed by atoms with van der Waals surface area (Å²) in [5.41, 5.74) is 17.0. The van der Waals surface area contributed by atoms with Gasteiger partial charge in [0.15, 0.2) is 0 Å². The first kappa shape index (κ1) is 35.5. The molecule has 2 aliphatic heterocycles. The summed E-state index contributed by atoms with van der Waals surface area (Å²) < 4.78 is 0. The molecular weight excluding hydrogens is 761 g/mol. The van der Waals surface area contributed by atoms with E-state index in [0.717, 1.165) is 5.70 Å². The Bertz CT molecular complexity index is 3660. The number of rotatable bonds is 5. The normalized spacial score (nSPS) is 14.2. The van der Waals surface area contributed by atoms with E-state index in [-0.39, 0.29) is 6.17 Å².